The van der Waals surface area contributed by atoms with Crippen LogP contribution >= 0.6 is 0 Å². The van der Waals surface area contributed by atoms with E-state index >= 15 is 0 Å². The standard InChI is InChI=1S/C23H25FN4O2/c1-27-11-14(24)10-15(12-27)28-8-6-17-20(13-2-3-13)21(25-26-23(17)28)18-4-5-19-16(22(18)29)7-9-30-19/h4-5,7,9,13-15,29H,2-3,6,8,10-12H2,1H3/t14-,15-/m1/s1. The van der Waals surface area contributed by atoms with Crippen molar-refractivity contribution in [2.24, 2.45) is 0 Å². The second-order valence-corrected chi connectivity index (χ2v) is 8.98. The molecule has 3 aromatic rings. The van der Waals surface area contributed by atoms with Crippen LogP contribution in [0.3, 0.4) is 0 Å². The van der Waals surface area contributed by atoms with E-state index in [-0.39, 0.29) is 11.8 Å². The number of phenolic OH excluding ortho intramolecular Hbond substituents is 1. The number of phenols is 1. The minimum Gasteiger partial charge on any atom is -0.506 e. The van der Waals surface area contributed by atoms with Gasteiger partial charge < -0.3 is 19.3 Å². The number of fused-ring (bicyclic) bond motifs is 2. The number of anilines is 1. The normalized spacial score (nSPS) is 24.5. The van der Waals surface area contributed by atoms with Gasteiger partial charge in [-0.3, -0.25) is 0 Å². The van der Waals surface area contributed by atoms with Gasteiger partial charge >= 0.3 is 0 Å². The van der Waals surface area contributed by atoms with Crippen LogP contribution in [0.1, 0.15) is 36.3 Å². The van der Waals surface area contributed by atoms with E-state index in [0.717, 1.165) is 43.9 Å². The Bertz CT molecular complexity index is 1120. The smallest absolute Gasteiger partial charge is 0.155 e. The van der Waals surface area contributed by atoms with Gasteiger partial charge in [0.1, 0.15) is 23.2 Å². The number of likely N-dealkylation sites (N-methyl/N-ethyl adjacent to an activating group) is 1. The number of nitrogens with zero attached hydrogens (tertiary/aromatic N) is 4. The molecule has 1 N–H and O–H groups in total. The molecular formula is C23H25FN4O2. The summed E-state index contributed by atoms with van der Waals surface area (Å²) in [5.41, 5.74) is 4.61. The fourth-order valence-corrected chi connectivity index (χ4v) is 5.32. The molecule has 0 unspecified atom stereocenters. The molecule has 0 amide bonds. The van der Waals surface area contributed by atoms with Gasteiger partial charge in [0.15, 0.2) is 5.82 Å². The van der Waals surface area contributed by atoms with Crippen molar-refractivity contribution in [1.82, 2.24) is 15.1 Å². The van der Waals surface area contributed by atoms with Gasteiger partial charge in [-0.2, -0.15) is 0 Å². The molecule has 4 heterocycles. The summed E-state index contributed by atoms with van der Waals surface area (Å²) >= 11 is 0. The molecule has 2 atom stereocenters. The summed E-state index contributed by atoms with van der Waals surface area (Å²) in [5.74, 6) is 1.57. The van der Waals surface area contributed by atoms with E-state index in [1.165, 1.54) is 11.1 Å². The maximum absolute atomic E-state index is 14.2. The monoisotopic (exact) mass is 408 g/mol. The Morgan fingerprint density at radius 2 is 2.03 bits per heavy atom. The number of hydrogen-bond donors (Lipinski definition) is 1. The number of halogens is 1. The summed E-state index contributed by atoms with van der Waals surface area (Å²) in [6.45, 7) is 2.20. The third-order valence-electron chi connectivity index (χ3n) is 6.82. The fourth-order valence-electron chi connectivity index (χ4n) is 5.32. The van der Waals surface area contributed by atoms with Crippen LogP contribution in [0.15, 0.2) is 28.9 Å². The molecule has 0 bridgehead atoms. The largest absolute Gasteiger partial charge is 0.506 e. The van der Waals surface area contributed by atoms with Gasteiger partial charge in [0.2, 0.25) is 0 Å². The lowest BCUT2D eigenvalue weighted by molar-refractivity contribution is 0.143. The van der Waals surface area contributed by atoms with Crippen LogP contribution in [-0.4, -0.2) is 59.1 Å². The van der Waals surface area contributed by atoms with E-state index in [0.29, 0.717) is 35.4 Å². The van der Waals surface area contributed by atoms with Crippen LogP contribution < -0.4 is 4.90 Å². The molecule has 6 nitrogen and oxygen atoms in total. The predicted molar refractivity (Wildman–Crippen MR) is 113 cm³/mol. The zero-order valence-electron chi connectivity index (χ0n) is 17.0. The van der Waals surface area contributed by atoms with Crippen molar-refractivity contribution >= 4 is 16.8 Å². The minimum absolute atomic E-state index is 0.128. The van der Waals surface area contributed by atoms with Crippen LogP contribution in [0.4, 0.5) is 10.2 Å². The molecule has 2 aliphatic heterocycles. The summed E-state index contributed by atoms with van der Waals surface area (Å²) in [4.78, 5) is 4.33. The highest BCUT2D eigenvalue weighted by atomic mass is 19.1. The quantitative estimate of drug-likeness (QED) is 0.710. The molecule has 3 aliphatic rings. The number of rotatable bonds is 3. The lowest BCUT2D eigenvalue weighted by Crippen LogP contribution is -2.50. The van der Waals surface area contributed by atoms with E-state index in [1.807, 2.05) is 19.2 Å². The van der Waals surface area contributed by atoms with Gasteiger partial charge in [0.05, 0.1) is 11.6 Å². The summed E-state index contributed by atoms with van der Waals surface area (Å²) in [6.07, 6.45) is 4.50. The van der Waals surface area contributed by atoms with Crippen molar-refractivity contribution in [3.63, 3.8) is 0 Å². The van der Waals surface area contributed by atoms with Crippen molar-refractivity contribution in [2.45, 2.75) is 43.8 Å². The van der Waals surface area contributed by atoms with Crippen molar-refractivity contribution in [3.8, 4) is 17.0 Å². The fraction of sp³-hybridized carbons (Fsp3) is 0.478. The summed E-state index contributed by atoms with van der Waals surface area (Å²) in [6, 6.07) is 5.66. The Balaban J connectivity index is 1.44. The van der Waals surface area contributed by atoms with Crippen LogP contribution in [0, 0.1) is 0 Å². The molecule has 7 heteroatoms. The first-order valence-electron chi connectivity index (χ1n) is 10.8. The number of aromatic hydroxyl groups is 1. The highest BCUT2D eigenvalue weighted by molar-refractivity contribution is 5.92. The number of likely N-dealkylation sites (tertiary alicyclic amines) is 1. The molecule has 1 aliphatic carbocycles. The molecular weight excluding hydrogens is 383 g/mol. The first kappa shape index (κ1) is 18.1. The number of aromatic nitrogens is 2. The highest BCUT2D eigenvalue weighted by Gasteiger charge is 2.39. The Labute approximate surface area is 174 Å². The van der Waals surface area contributed by atoms with Gasteiger partial charge in [0.25, 0.3) is 0 Å². The van der Waals surface area contributed by atoms with E-state index < -0.39 is 6.17 Å². The molecule has 0 spiro atoms. The van der Waals surface area contributed by atoms with Crippen molar-refractivity contribution in [1.29, 1.82) is 0 Å². The summed E-state index contributed by atoms with van der Waals surface area (Å²) in [7, 11) is 1.98. The zero-order chi connectivity index (χ0) is 20.4. The third kappa shape index (κ3) is 2.79. The minimum atomic E-state index is -0.799. The number of furan rings is 1. The Morgan fingerprint density at radius 3 is 2.83 bits per heavy atom. The molecule has 2 fully saturated rings. The maximum atomic E-state index is 14.2. The lowest BCUT2D eigenvalue weighted by Gasteiger charge is -2.38. The lowest BCUT2D eigenvalue weighted by atomic mass is 9.96. The first-order chi connectivity index (χ1) is 14.6. The molecule has 1 aromatic carbocycles. The molecule has 6 rings (SSSR count). The number of alkyl halides is 1. The van der Waals surface area contributed by atoms with Gasteiger partial charge in [-0.15, -0.1) is 10.2 Å². The van der Waals surface area contributed by atoms with Crippen molar-refractivity contribution in [2.75, 3.05) is 31.6 Å². The second kappa shape index (κ2) is 6.67. The summed E-state index contributed by atoms with van der Waals surface area (Å²) in [5, 5.41) is 20.8. The van der Waals surface area contributed by atoms with Gasteiger partial charge in [0, 0.05) is 43.2 Å². The Kier molecular flexibility index (Phi) is 4.03. The average Bonchev–Trinajstić information content (AvgIpc) is 3.27. The van der Waals surface area contributed by atoms with Crippen LogP contribution in [0.2, 0.25) is 0 Å². The molecule has 30 heavy (non-hydrogen) atoms. The summed E-state index contributed by atoms with van der Waals surface area (Å²) < 4.78 is 19.6. The van der Waals surface area contributed by atoms with E-state index in [2.05, 4.69) is 20.0 Å². The SMILES string of the molecule is CN1C[C@H](F)C[C@@H](N2CCc3c2nnc(-c2ccc4occc4c2O)c3C2CC2)C1. The zero-order valence-corrected chi connectivity index (χ0v) is 17.0. The van der Waals surface area contributed by atoms with Gasteiger partial charge in [-0.05, 0) is 56.0 Å². The number of benzene rings is 1. The molecule has 2 aromatic heterocycles. The topological polar surface area (TPSA) is 65.6 Å². The number of hydrogen-bond acceptors (Lipinski definition) is 6. The van der Waals surface area contributed by atoms with Gasteiger partial charge in [-0.1, -0.05) is 0 Å². The van der Waals surface area contributed by atoms with E-state index in [4.69, 9.17) is 4.42 Å². The van der Waals surface area contributed by atoms with Crippen LogP contribution in [-0.2, 0) is 6.42 Å². The highest BCUT2D eigenvalue weighted by Crippen LogP contribution is 2.50. The van der Waals surface area contributed by atoms with Crippen molar-refractivity contribution in [3.05, 3.63) is 35.6 Å². The number of piperidine rings is 1. The molecule has 156 valence electrons. The Morgan fingerprint density at radius 1 is 1.17 bits per heavy atom. The van der Waals surface area contributed by atoms with Crippen LogP contribution in [0.5, 0.6) is 5.75 Å². The van der Waals surface area contributed by atoms with E-state index in [1.54, 1.807) is 12.3 Å². The van der Waals surface area contributed by atoms with E-state index in [9.17, 15) is 9.50 Å². The molecule has 1 saturated carbocycles. The van der Waals surface area contributed by atoms with Crippen LogP contribution in [0.25, 0.3) is 22.2 Å². The third-order valence-corrected chi connectivity index (χ3v) is 6.82. The molecule has 0 radical (unpaired) electrons. The average molecular weight is 408 g/mol. The maximum Gasteiger partial charge on any atom is 0.155 e. The predicted octanol–water partition coefficient (Wildman–Crippen LogP) is 3.88. The molecule has 1 saturated heterocycles. The van der Waals surface area contributed by atoms with Gasteiger partial charge in [-0.25, -0.2) is 4.39 Å². The Hall–Kier alpha value is -2.67. The van der Waals surface area contributed by atoms with Crippen molar-refractivity contribution < 1.29 is 13.9 Å². The first-order valence-corrected chi connectivity index (χ1v) is 10.8. The second-order valence-electron chi connectivity index (χ2n) is 8.98.